The van der Waals surface area contributed by atoms with Gasteiger partial charge in [0.15, 0.2) is 12.2 Å². The van der Waals surface area contributed by atoms with E-state index in [1.54, 1.807) is 34.1 Å². The highest BCUT2D eigenvalue weighted by Gasteiger charge is 2.40. The van der Waals surface area contributed by atoms with Gasteiger partial charge in [-0.1, -0.05) is 36.4 Å². The fourth-order valence-electron chi connectivity index (χ4n) is 4.81. The lowest BCUT2D eigenvalue weighted by Crippen LogP contribution is -2.60. The molecule has 8 nitrogen and oxygen atoms in total. The number of fused-ring (bicyclic) bond motifs is 2. The first kappa shape index (κ1) is 21.2. The Morgan fingerprint density at radius 1 is 0.788 bits per heavy atom. The Kier molecular flexibility index (Phi) is 5.36. The van der Waals surface area contributed by atoms with Crippen molar-refractivity contribution < 1.29 is 28.7 Å². The largest absolute Gasteiger partial charge is 0.448 e. The van der Waals surface area contributed by atoms with E-state index in [9.17, 15) is 19.2 Å². The lowest BCUT2D eigenvalue weighted by atomic mass is 9.97. The van der Waals surface area contributed by atoms with E-state index in [4.69, 9.17) is 9.47 Å². The number of nitrogens with zero attached hydrogens (tertiary/aromatic N) is 2. The van der Waals surface area contributed by atoms with Crippen LogP contribution in [0.1, 0.15) is 38.8 Å². The summed E-state index contributed by atoms with van der Waals surface area (Å²) in [7, 11) is 0. The van der Waals surface area contributed by atoms with Crippen molar-refractivity contribution in [1.82, 2.24) is 9.80 Å². The van der Waals surface area contributed by atoms with Gasteiger partial charge in [0.25, 0.3) is 11.8 Å². The predicted molar refractivity (Wildman–Crippen MR) is 116 cm³/mol. The molecule has 0 bridgehead atoms. The van der Waals surface area contributed by atoms with Crippen LogP contribution in [-0.2, 0) is 31.9 Å². The molecular weight excluding hydrogens is 424 g/mol. The SMILES string of the molecule is CC1CN(C(=O)C2Cc3ccccc3C(=O)O2)CCN1C(=O)C1Cc2ccccc2C(=O)O1. The minimum absolute atomic E-state index is 0.254. The average molecular weight is 448 g/mol. The molecule has 3 atom stereocenters. The van der Waals surface area contributed by atoms with E-state index < -0.39 is 24.1 Å². The Morgan fingerprint density at radius 2 is 1.30 bits per heavy atom. The van der Waals surface area contributed by atoms with Crippen molar-refractivity contribution in [3.63, 3.8) is 0 Å². The first-order valence-electron chi connectivity index (χ1n) is 11.1. The number of hydrogen-bond acceptors (Lipinski definition) is 6. The number of rotatable bonds is 2. The van der Waals surface area contributed by atoms with Crippen molar-refractivity contribution in [3.05, 3.63) is 70.8 Å². The van der Waals surface area contributed by atoms with Crippen LogP contribution in [0.4, 0.5) is 0 Å². The van der Waals surface area contributed by atoms with Gasteiger partial charge in [-0.2, -0.15) is 0 Å². The maximum atomic E-state index is 13.2. The van der Waals surface area contributed by atoms with Crippen LogP contribution in [-0.4, -0.2) is 71.4 Å². The second kappa shape index (κ2) is 8.35. The van der Waals surface area contributed by atoms with Gasteiger partial charge in [0.05, 0.1) is 11.1 Å². The molecule has 1 fully saturated rings. The molecule has 0 N–H and O–H groups in total. The molecule has 8 heteroatoms. The summed E-state index contributed by atoms with van der Waals surface area (Å²) >= 11 is 0. The van der Waals surface area contributed by atoms with Crippen LogP contribution in [0.15, 0.2) is 48.5 Å². The fraction of sp³-hybridized carbons (Fsp3) is 0.360. The molecule has 3 aliphatic rings. The normalized spacial score (nSPS) is 24.3. The summed E-state index contributed by atoms with van der Waals surface area (Å²) in [6.07, 6.45) is -1.05. The van der Waals surface area contributed by atoms with E-state index in [2.05, 4.69) is 0 Å². The van der Waals surface area contributed by atoms with Gasteiger partial charge < -0.3 is 19.3 Å². The fourth-order valence-corrected chi connectivity index (χ4v) is 4.81. The third kappa shape index (κ3) is 3.86. The van der Waals surface area contributed by atoms with Gasteiger partial charge in [-0.25, -0.2) is 9.59 Å². The zero-order chi connectivity index (χ0) is 23.1. The third-order valence-corrected chi connectivity index (χ3v) is 6.56. The Hall–Kier alpha value is -3.68. The molecule has 0 aliphatic carbocycles. The number of amides is 2. The van der Waals surface area contributed by atoms with Crippen molar-refractivity contribution in [3.8, 4) is 0 Å². The van der Waals surface area contributed by atoms with Gasteiger partial charge in [0.1, 0.15) is 0 Å². The predicted octanol–water partition coefficient (Wildman–Crippen LogP) is 1.61. The molecule has 33 heavy (non-hydrogen) atoms. The minimum atomic E-state index is -0.868. The summed E-state index contributed by atoms with van der Waals surface area (Å²) in [6, 6.07) is 14.0. The van der Waals surface area contributed by atoms with Crippen LogP contribution in [0.5, 0.6) is 0 Å². The van der Waals surface area contributed by atoms with Crippen LogP contribution < -0.4 is 0 Å². The Bertz CT molecular complexity index is 1150. The quantitative estimate of drug-likeness (QED) is 0.648. The zero-order valence-corrected chi connectivity index (χ0v) is 18.2. The van der Waals surface area contributed by atoms with Gasteiger partial charge in [-0.05, 0) is 30.2 Å². The van der Waals surface area contributed by atoms with Crippen LogP contribution >= 0.6 is 0 Å². The number of esters is 2. The Labute approximate surface area is 191 Å². The Morgan fingerprint density at radius 3 is 1.85 bits per heavy atom. The number of cyclic esters (lactones) is 2. The van der Waals surface area contributed by atoms with Crippen LogP contribution in [0, 0.1) is 0 Å². The lowest BCUT2D eigenvalue weighted by Gasteiger charge is -2.42. The van der Waals surface area contributed by atoms with Gasteiger partial charge in [-0.3, -0.25) is 9.59 Å². The number of carbonyl (C=O) groups excluding carboxylic acids is 4. The molecule has 0 saturated carbocycles. The van der Waals surface area contributed by atoms with Crippen LogP contribution in [0.3, 0.4) is 0 Å². The highest BCUT2D eigenvalue weighted by Crippen LogP contribution is 2.25. The molecule has 0 spiro atoms. The van der Waals surface area contributed by atoms with Crippen molar-refractivity contribution in [2.75, 3.05) is 19.6 Å². The second-order valence-electron chi connectivity index (χ2n) is 8.68. The summed E-state index contributed by atoms with van der Waals surface area (Å²) in [5.74, 6) is -1.49. The minimum Gasteiger partial charge on any atom is -0.448 e. The van der Waals surface area contributed by atoms with Crippen molar-refractivity contribution in [2.24, 2.45) is 0 Å². The average Bonchev–Trinajstić information content (AvgIpc) is 2.83. The van der Waals surface area contributed by atoms with E-state index >= 15 is 0 Å². The summed E-state index contributed by atoms with van der Waals surface area (Å²) in [6.45, 7) is 2.82. The van der Waals surface area contributed by atoms with Gasteiger partial charge in [0, 0.05) is 38.5 Å². The van der Waals surface area contributed by atoms with Gasteiger partial charge >= 0.3 is 11.9 Å². The molecular formula is C25H24N2O6. The van der Waals surface area contributed by atoms with Crippen molar-refractivity contribution in [2.45, 2.75) is 38.0 Å². The molecule has 1 saturated heterocycles. The molecule has 5 rings (SSSR count). The number of hydrogen-bond donors (Lipinski definition) is 0. The Balaban J connectivity index is 1.23. The summed E-state index contributed by atoms with van der Waals surface area (Å²) in [4.78, 5) is 54.1. The standard InChI is InChI=1S/C25H24N2O6/c1-15-14-26(22(28)20-12-16-6-2-4-8-18(16)24(30)32-20)10-11-27(15)23(29)21-13-17-7-3-5-9-19(17)25(31)33-21/h2-9,15,20-21H,10-14H2,1H3. The molecule has 3 aliphatic heterocycles. The first-order chi connectivity index (χ1) is 15.9. The van der Waals surface area contributed by atoms with Crippen LogP contribution in [0.25, 0.3) is 0 Å². The first-order valence-corrected chi connectivity index (χ1v) is 11.1. The van der Waals surface area contributed by atoms with E-state index in [0.717, 1.165) is 11.1 Å². The topological polar surface area (TPSA) is 93.2 Å². The number of benzene rings is 2. The lowest BCUT2D eigenvalue weighted by molar-refractivity contribution is -0.152. The maximum Gasteiger partial charge on any atom is 0.339 e. The van der Waals surface area contributed by atoms with Crippen LogP contribution in [0.2, 0.25) is 0 Å². The van der Waals surface area contributed by atoms with Gasteiger partial charge in [0.2, 0.25) is 0 Å². The maximum absolute atomic E-state index is 13.2. The summed E-state index contributed by atoms with van der Waals surface area (Å²) in [5.41, 5.74) is 2.59. The van der Waals surface area contributed by atoms with Gasteiger partial charge in [-0.15, -0.1) is 0 Å². The molecule has 0 radical (unpaired) electrons. The molecule has 3 unspecified atom stereocenters. The number of piperazine rings is 1. The number of carbonyl (C=O) groups is 4. The van der Waals surface area contributed by atoms with E-state index in [0.29, 0.717) is 43.6 Å². The molecule has 2 amide bonds. The highest BCUT2D eigenvalue weighted by atomic mass is 16.6. The van der Waals surface area contributed by atoms with E-state index in [1.165, 1.54) is 0 Å². The monoisotopic (exact) mass is 448 g/mol. The zero-order valence-electron chi connectivity index (χ0n) is 18.2. The third-order valence-electron chi connectivity index (χ3n) is 6.56. The van der Waals surface area contributed by atoms with Crippen molar-refractivity contribution >= 4 is 23.8 Å². The molecule has 3 heterocycles. The molecule has 2 aromatic rings. The highest BCUT2D eigenvalue weighted by molar-refractivity contribution is 5.97. The summed E-state index contributed by atoms with van der Waals surface area (Å²) in [5, 5.41) is 0. The van der Waals surface area contributed by atoms with Crippen molar-refractivity contribution in [1.29, 1.82) is 0 Å². The van der Waals surface area contributed by atoms with E-state index in [1.807, 2.05) is 31.2 Å². The smallest absolute Gasteiger partial charge is 0.339 e. The molecule has 170 valence electrons. The molecule has 0 aromatic heterocycles. The summed E-state index contributed by atoms with van der Waals surface area (Å²) < 4.78 is 10.8. The number of ether oxygens (including phenoxy) is 2. The molecule has 2 aromatic carbocycles. The second-order valence-corrected chi connectivity index (χ2v) is 8.68. The van der Waals surface area contributed by atoms with E-state index in [-0.39, 0.29) is 17.9 Å².